The molecule has 0 saturated carbocycles. The standard InChI is InChI=1S/C13H14N2O3/c1-13-5-10(16)14-8-3-2-4-9(12(8)13)15(7-13)6-11(17)18/h2-4H,5-7H2,1H3,(H,14,16)(H,17,18). The second kappa shape index (κ2) is 3.48. The van der Waals surface area contributed by atoms with E-state index in [4.69, 9.17) is 5.11 Å². The molecule has 2 aliphatic rings. The minimum Gasteiger partial charge on any atom is -0.480 e. The van der Waals surface area contributed by atoms with Gasteiger partial charge in [0.2, 0.25) is 5.91 Å². The van der Waals surface area contributed by atoms with Gasteiger partial charge in [0.15, 0.2) is 0 Å². The van der Waals surface area contributed by atoms with Crippen molar-refractivity contribution in [2.24, 2.45) is 0 Å². The smallest absolute Gasteiger partial charge is 0.323 e. The zero-order valence-electron chi connectivity index (χ0n) is 10.1. The lowest BCUT2D eigenvalue weighted by atomic mass is 9.78. The second-order valence-electron chi connectivity index (χ2n) is 5.24. The maximum absolute atomic E-state index is 11.7. The summed E-state index contributed by atoms with van der Waals surface area (Å²) in [5.74, 6) is -0.853. The van der Waals surface area contributed by atoms with Crippen molar-refractivity contribution >= 4 is 23.3 Å². The van der Waals surface area contributed by atoms with Crippen molar-refractivity contribution in [3.05, 3.63) is 23.8 Å². The van der Waals surface area contributed by atoms with E-state index >= 15 is 0 Å². The third-order valence-corrected chi connectivity index (χ3v) is 3.68. The Morgan fingerprint density at radius 3 is 3.06 bits per heavy atom. The molecule has 5 heteroatoms. The lowest BCUT2D eigenvalue weighted by Crippen LogP contribution is -2.39. The summed E-state index contributed by atoms with van der Waals surface area (Å²) in [7, 11) is 0. The van der Waals surface area contributed by atoms with Gasteiger partial charge in [-0.05, 0) is 12.1 Å². The molecule has 1 amide bonds. The van der Waals surface area contributed by atoms with Crippen LogP contribution in [0.25, 0.3) is 0 Å². The predicted octanol–water partition coefficient (Wildman–Crippen LogP) is 1.19. The molecule has 5 nitrogen and oxygen atoms in total. The van der Waals surface area contributed by atoms with E-state index in [1.54, 1.807) is 0 Å². The minimum atomic E-state index is -0.853. The number of nitrogens with one attached hydrogen (secondary N) is 1. The topological polar surface area (TPSA) is 69.6 Å². The maximum Gasteiger partial charge on any atom is 0.323 e. The molecular weight excluding hydrogens is 232 g/mol. The van der Waals surface area contributed by atoms with E-state index in [9.17, 15) is 9.59 Å². The van der Waals surface area contributed by atoms with Crippen molar-refractivity contribution in [1.82, 2.24) is 0 Å². The van der Waals surface area contributed by atoms with E-state index in [0.29, 0.717) is 13.0 Å². The Morgan fingerprint density at radius 2 is 2.33 bits per heavy atom. The van der Waals surface area contributed by atoms with Gasteiger partial charge in [-0.3, -0.25) is 9.59 Å². The molecular formula is C13H14N2O3. The Bertz CT molecular complexity index is 555. The van der Waals surface area contributed by atoms with Gasteiger partial charge < -0.3 is 15.3 Å². The molecule has 3 rings (SSSR count). The summed E-state index contributed by atoms with van der Waals surface area (Å²) in [4.78, 5) is 24.4. The van der Waals surface area contributed by atoms with Gasteiger partial charge in [0.1, 0.15) is 6.54 Å². The van der Waals surface area contributed by atoms with Gasteiger partial charge in [0.05, 0.1) is 0 Å². The first-order valence-electron chi connectivity index (χ1n) is 5.90. The summed E-state index contributed by atoms with van der Waals surface area (Å²) >= 11 is 0. The Morgan fingerprint density at radius 1 is 1.56 bits per heavy atom. The van der Waals surface area contributed by atoms with E-state index in [2.05, 4.69) is 5.32 Å². The summed E-state index contributed by atoms with van der Waals surface area (Å²) in [5, 5.41) is 11.8. The number of hydrogen-bond donors (Lipinski definition) is 2. The highest BCUT2D eigenvalue weighted by molar-refractivity contribution is 5.98. The van der Waals surface area contributed by atoms with Gasteiger partial charge >= 0.3 is 5.97 Å². The number of hydrogen-bond acceptors (Lipinski definition) is 3. The molecule has 94 valence electrons. The molecule has 0 fully saturated rings. The SMILES string of the molecule is CC12CC(=O)Nc3cccc(c31)N(CC(=O)O)C2. The third-order valence-electron chi connectivity index (χ3n) is 3.68. The number of rotatable bonds is 2. The molecule has 0 aliphatic carbocycles. The highest BCUT2D eigenvalue weighted by Crippen LogP contribution is 2.48. The molecule has 2 aliphatic heterocycles. The molecule has 18 heavy (non-hydrogen) atoms. The number of carbonyl (C=O) groups is 2. The zero-order valence-corrected chi connectivity index (χ0v) is 10.1. The first-order valence-corrected chi connectivity index (χ1v) is 5.90. The Kier molecular flexibility index (Phi) is 2.14. The van der Waals surface area contributed by atoms with Crippen molar-refractivity contribution in [3.8, 4) is 0 Å². The fourth-order valence-corrected chi connectivity index (χ4v) is 3.13. The van der Waals surface area contributed by atoms with Gasteiger partial charge in [0.25, 0.3) is 0 Å². The summed E-state index contributed by atoms with van der Waals surface area (Å²) < 4.78 is 0. The van der Waals surface area contributed by atoms with Gasteiger partial charge in [-0.2, -0.15) is 0 Å². The quantitative estimate of drug-likeness (QED) is 0.822. The molecule has 1 unspecified atom stereocenters. The second-order valence-corrected chi connectivity index (χ2v) is 5.24. The van der Waals surface area contributed by atoms with E-state index in [0.717, 1.165) is 16.9 Å². The predicted molar refractivity (Wildman–Crippen MR) is 66.9 cm³/mol. The Labute approximate surface area is 104 Å². The number of carboxylic acids is 1. The number of benzene rings is 1. The molecule has 1 aromatic rings. The van der Waals surface area contributed by atoms with Crippen LogP contribution in [0.3, 0.4) is 0 Å². The molecule has 0 spiro atoms. The van der Waals surface area contributed by atoms with Crippen molar-refractivity contribution in [2.75, 3.05) is 23.3 Å². The van der Waals surface area contributed by atoms with Crippen LogP contribution in [0.15, 0.2) is 18.2 Å². The first-order chi connectivity index (χ1) is 8.49. The van der Waals surface area contributed by atoms with Gasteiger partial charge in [-0.25, -0.2) is 0 Å². The fourth-order valence-electron chi connectivity index (χ4n) is 3.13. The number of aliphatic carboxylic acids is 1. The number of carboxylic acid groups (broad SMARTS) is 1. The fraction of sp³-hybridized carbons (Fsp3) is 0.385. The number of nitrogens with zero attached hydrogens (tertiary/aromatic N) is 1. The summed E-state index contributed by atoms with van der Waals surface area (Å²) in [6.45, 7) is 2.58. The lowest BCUT2D eigenvalue weighted by molar-refractivity contribution is -0.135. The van der Waals surface area contributed by atoms with Crippen LogP contribution in [0.1, 0.15) is 18.9 Å². The van der Waals surface area contributed by atoms with E-state index in [1.807, 2.05) is 30.0 Å². The van der Waals surface area contributed by atoms with Crippen LogP contribution in [0, 0.1) is 0 Å². The van der Waals surface area contributed by atoms with Crippen LogP contribution in [0.4, 0.5) is 11.4 Å². The number of carbonyl (C=O) groups excluding carboxylic acids is 1. The highest BCUT2D eigenvalue weighted by Gasteiger charge is 2.45. The molecule has 0 radical (unpaired) electrons. The minimum absolute atomic E-state index is 0.000625. The first kappa shape index (κ1) is 11.1. The van der Waals surface area contributed by atoms with Gasteiger partial charge in [-0.15, -0.1) is 0 Å². The lowest BCUT2D eigenvalue weighted by Gasteiger charge is -2.30. The van der Waals surface area contributed by atoms with Crippen LogP contribution in [-0.4, -0.2) is 30.1 Å². The maximum atomic E-state index is 11.7. The average molecular weight is 246 g/mol. The molecule has 2 heterocycles. The van der Waals surface area contributed by atoms with Crippen molar-refractivity contribution in [3.63, 3.8) is 0 Å². The number of amides is 1. The molecule has 0 saturated heterocycles. The Hall–Kier alpha value is -2.04. The molecule has 2 N–H and O–H groups in total. The van der Waals surface area contributed by atoms with Crippen LogP contribution in [0.2, 0.25) is 0 Å². The highest BCUT2D eigenvalue weighted by atomic mass is 16.4. The van der Waals surface area contributed by atoms with Gasteiger partial charge in [0, 0.05) is 35.3 Å². The van der Waals surface area contributed by atoms with Crippen molar-refractivity contribution in [1.29, 1.82) is 0 Å². The van der Waals surface area contributed by atoms with Crippen LogP contribution in [0.5, 0.6) is 0 Å². The summed E-state index contributed by atoms with van der Waals surface area (Å²) in [5.41, 5.74) is 2.55. The van der Waals surface area contributed by atoms with Gasteiger partial charge in [-0.1, -0.05) is 13.0 Å². The zero-order chi connectivity index (χ0) is 12.9. The van der Waals surface area contributed by atoms with E-state index < -0.39 is 5.97 Å². The summed E-state index contributed by atoms with van der Waals surface area (Å²) in [6.07, 6.45) is 0.410. The normalized spacial score (nSPS) is 24.7. The number of anilines is 2. The monoisotopic (exact) mass is 246 g/mol. The molecule has 0 bridgehead atoms. The van der Waals surface area contributed by atoms with Crippen molar-refractivity contribution < 1.29 is 14.7 Å². The molecule has 1 atom stereocenters. The van der Waals surface area contributed by atoms with Crippen molar-refractivity contribution in [2.45, 2.75) is 18.8 Å². The largest absolute Gasteiger partial charge is 0.480 e. The molecule has 0 aromatic heterocycles. The molecule has 1 aromatic carbocycles. The summed E-state index contributed by atoms with van der Waals surface area (Å²) in [6, 6.07) is 5.64. The van der Waals surface area contributed by atoms with E-state index in [-0.39, 0.29) is 17.9 Å². The Balaban J connectivity index is 2.11. The van der Waals surface area contributed by atoms with E-state index in [1.165, 1.54) is 0 Å². The third kappa shape index (κ3) is 1.47. The average Bonchev–Trinajstić information content (AvgIpc) is 2.51. The van der Waals surface area contributed by atoms with Crippen LogP contribution < -0.4 is 10.2 Å². The van der Waals surface area contributed by atoms with Crippen LogP contribution >= 0.6 is 0 Å². The van der Waals surface area contributed by atoms with Crippen LogP contribution in [-0.2, 0) is 15.0 Å².